The molecular weight excluding hydrogens is 466 g/mol. The van der Waals surface area contributed by atoms with Crippen molar-refractivity contribution in [3.05, 3.63) is 83.3 Å². The number of rotatable bonds is 8. The molecule has 2 heterocycles. The van der Waals surface area contributed by atoms with Gasteiger partial charge in [0.2, 0.25) is 10.0 Å². The van der Waals surface area contributed by atoms with Crippen LogP contribution in [-0.4, -0.2) is 57.4 Å². The Kier molecular flexibility index (Phi) is 7.90. The van der Waals surface area contributed by atoms with Gasteiger partial charge < -0.3 is 14.1 Å². The van der Waals surface area contributed by atoms with Gasteiger partial charge in [-0.15, -0.1) is 0 Å². The maximum atomic E-state index is 13.4. The largest absolute Gasteiger partial charge is 0.497 e. The van der Waals surface area contributed by atoms with E-state index in [2.05, 4.69) is 21.8 Å². The van der Waals surface area contributed by atoms with E-state index in [0.29, 0.717) is 24.4 Å². The zero-order valence-corrected chi connectivity index (χ0v) is 20.9. The predicted molar refractivity (Wildman–Crippen MR) is 133 cm³/mol. The highest BCUT2D eigenvalue weighted by Crippen LogP contribution is 2.20. The summed E-state index contributed by atoms with van der Waals surface area (Å²) in [5, 5.41) is 0. The minimum absolute atomic E-state index is 0.0443. The van der Waals surface area contributed by atoms with Crippen molar-refractivity contribution < 1.29 is 22.4 Å². The lowest BCUT2D eigenvalue weighted by Gasteiger charge is -2.23. The molecule has 0 atom stereocenters. The molecule has 8 nitrogen and oxygen atoms in total. The monoisotopic (exact) mass is 497 g/mol. The average molecular weight is 498 g/mol. The zero-order chi connectivity index (χ0) is 24.8. The normalized spacial score (nSPS) is 15.1. The first-order valence-electron chi connectivity index (χ1n) is 11.6. The number of methoxy groups -OCH3 is 1. The predicted octanol–water partition coefficient (Wildman–Crippen LogP) is 3.42. The van der Waals surface area contributed by atoms with Gasteiger partial charge in [-0.1, -0.05) is 18.2 Å². The second kappa shape index (κ2) is 11.1. The minimum atomic E-state index is -3.79. The standard InChI is InChI=1S/C26H31N3O5S/c1-20-6-11-24(35(31,32)27-18-23-5-3-16-34-23)17-25(20)26(30)29-13-4-12-28(14-15-29)19-21-7-9-22(33-2)10-8-21/h3,5-11,16-17,27H,4,12-15,18-19H2,1-2H3. The Bertz CT molecular complexity index is 1240. The Morgan fingerprint density at radius 3 is 2.57 bits per heavy atom. The zero-order valence-electron chi connectivity index (χ0n) is 20.1. The number of aryl methyl sites for hydroxylation is 1. The molecule has 9 heteroatoms. The first kappa shape index (κ1) is 25.0. The fraction of sp³-hybridized carbons (Fsp3) is 0.346. The molecule has 186 valence electrons. The van der Waals surface area contributed by atoms with Crippen LogP contribution in [0.3, 0.4) is 0 Å². The van der Waals surface area contributed by atoms with Crippen molar-refractivity contribution in [2.75, 3.05) is 33.3 Å². The summed E-state index contributed by atoms with van der Waals surface area (Å²) in [4.78, 5) is 17.6. The van der Waals surface area contributed by atoms with Gasteiger partial charge in [0.15, 0.2) is 0 Å². The molecule has 0 radical (unpaired) electrons. The summed E-state index contributed by atoms with van der Waals surface area (Å²) in [6.07, 6.45) is 2.34. The number of benzene rings is 2. The summed E-state index contributed by atoms with van der Waals surface area (Å²) < 4.78 is 38.6. The van der Waals surface area contributed by atoms with Gasteiger partial charge in [-0.2, -0.15) is 0 Å². The van der Waals surface area contributed by atoms with Crippen LogP contribution in [0.4, 0.5) is 0 Å². The molecule has 1 N–H and O–H groups in total. The molecule has 1 aliphatic heterocycles. The van der Waals surface area contributed by atoms with Crippen LogP contribution < -0.4 is 9.46 Å². The first-order valence-corrected chi connectivity index (χ1v) is 13.1. The molecule has 3 aromatic rings. The van der Waals surface area contributed by atoms with Crippen molar-refractivity contribution in [3.63, 3.8) is 0 Å². The molecule has 0 bridgehead atoms. The third kappa shape index (κ3) is 6.30. The molecular formula is C26H31N3O5S. The number of carbonyl (C=O) groups excluding carboxylic acids is 1. The van der Waals surface area contributed by atoms with Crippen LogP contribution in [0.1, 0.15) is 33.7 Å². The van der Waals surface area contributed by atoms with E-state index < -0.39 is 10.0 Å². The van der Waals surface area contributed by atoms with E-state index in [-0.39, 0.29) is 17.3 Å². The van der Waals surface area contributed by atoms with Crippen LogP contribution in [0.2, 0.25) is 0 Å². The summed E-state index contributed by atoms with van der Waals surface area (Å²) in [7, 11) is -2.14. The van der Waals surface area contributed by atoms with E-state index in [1.807, 2.05) is 24.0 Å². The van der Waals surface area contributed by atoms with E-state index in [0.717, 1.165) is 37.4 Å². The van der Waals surface area contributed by atoms with Gasteiger partial charge >= 0.3 is 0 Å². The summed E-state index contributed by atoms with van der Waals surface area (Å²) in [5.41, 5.74) is 2.36. The van der Waals surface area contributed by atoms with Crippen LogP contribution in [0, 0.1) is 6.92 Å². The van der Waals surface area contributed by atoms with Crippen molar-refractivity contribution in [1.82, 2.24) is 14.5 Å². The molecule has 1 amide bonds. The third-order valence-corrected chi connectivity index (χ3v) is 7.61. The fourth-order valence-electron chi connectivity index (χ4n) is 4.15. The van der Waals surface area contributed by atoms with Gasteiger partial charge in [-0.05, 0) is 60.9 Å². The molecule has 1 fully saturated rings. The van der Waals surface area contributed by atoms with Crippen LogP contribution in [0.25, 0.3) is 0 Å². The quantitative estimate of drug-likeness (QED) is 0.513. The van der Waals surface area contributed by atoms with Gasteiger partial charge in [0.25, 0.3) is 5.91 Å². The number of sulfonamides is 1. The summed E-state index contributed by atoms with van der Waals surface area (Å²) in [6.45, 7) is 5.53. The van der Waals surface area contributed by atoms with Gasteiger partial charge in [0.1, 0.15) is 11.5 Å². The van der Waals surface area contributed by atoms with Crippen molar-refractivity contribution >= 4 is 15.9 Å². The Morgan fingerprint density at radius 2 is 1.86 bits per heavy atom. The number of hydrogen-bond acceptors (Lipinski definition) is 6. The third-order valence-electron chi connectivity index (χ3n) is 6.21. The molecule has 0 spiro atoms. The van der Waals surface area contributed by atoms with Crippen LogP contribution in [0.15, 0.2) is 70.2 Å². The summed E-state index contributed by atoms with van der Waals surface area (Å²) >= 11 is 0. The second-order valence-corrected chi connectivity index (χ2v) is 10.4. The minimum Gasteiger partial charge on any atom is -0.497 e. The first-order chi connectivity index (χ1) is 16.9. The number of nitrogens with zero attached hydrogens (tertiary/aromatic N) is 2. The molecule has 0 unspecified atom stereocenters. The van der Waals surface area contributed by atoms with Crippen LogP contribution in [0.5, 0.6) is 5.75 Å². The van der Waals surface area contributed by atoms with Crippen LogP contribution >= 0.6 is 0 Å². The van der Waals surface area contributed by atoms with E-state index >= 15 is 0 Å². The molecule has 1 aromatic heterocycles. The molecule has 1 aliphatic rings. The number of hydrogen-bond donors (Lipinski definition) is 1. The smallest absolute Gasteiger partial charge is 0.254 e. The molecule has 2 aromatic carbocycles. The van der Waals surface area contributed by atoms with Gasteiger partial charge in [0, 0.05) is 38.3 Å². The van der Waals surface area contributed by atoms with Crippen molar-refractivity contribution in [2.45, 2.75) is 31.3 Å². The van der Waals surface area contributed by atoms with Gasteiger partial charge in [-0.25, -0.2) is 13.1 Å². The van der Waals surface area contributed by atoms with Crippen molar-refractivity contribution in [1.29, 1.82) is 0 Å². The maximum Gasteiger partial charge on any atom is 0.254 e. The van der Waals surface area contributed by atoms with E-state index in [1.54, 1.807) is 25.3 Å². The topological polar surface area (TPSA) is 92.1 Å². The highest BCUT2D eigenvalue weighted by molar-refractivity contribution is 7.89. The highest BCUT2D eigenvalue weighted by Gasteiger charge is 2.24. The fourth-order valence-corrected chi connectivity index (χ4v) is 5.17. The number of furan rings is 1. The lowest BCUT2D eigenvalue weighted by molar-refractivity contribution is 0.0760. The number of amides is 1. The molecule has 0 saturated carbocycles. The van der Waals surface area contributed by atoms with E-state index in [9.17, 15) is 13.2 Å². The lowest BCUT2D eigenvalue weighted by atomic mass is 10.1. The van der Waals surface area contributed by atoms with Crippen molar-refractivity contribution in [2.24, 2.45) is 0 Å². The van der Waals surface area contributed by atoms with Crippen molar-refractivity contribution in [3.8, 4) is 5.75 Å². The Hall–Kier alpha value is -3.14. The number of carbonyl (C=O) groups is 1. The van der Waals surface area contributed by atoms with E-state index in [4.69, 9.17) is 9.15 Å². The summed E-state index contributed by atoms with van der Waals surface area (Å²) in [5.74, 6) is 1.20. The van der Waals surface area contributed by atoms with Gasteiger partial charge in [-0.3, -0.25) is 9.69 Å². The van der Waals surface area contributed by atoms with E-state index in [1.165, 1.54) is 24.0 Å². The Morgan fingerprint density at radius 1 is 1.06 bits per heavy atom. The highest BCUT2D eigenvalue weighted by atomic mass is 32.2. The maximum absolute atomic E-state index is 13.4. The van der Waals surface area contributed by atoms with Crippen LogP contribution in [-0.2, 0) is 23.1 Å². The SMILES string of the molecule is COc1ccc(CN2CCCN(C(=O)c3cc(S(=O)(=O)NCc4ccco4)ccc3C)CC2)cc1. The lowest BCUT2D eigenvalue weighted by Crippen LogP contribution is -2.35. The second-order valence-electron chi connectivity index (χ2n) is 8.65. The summed E-state index contributed by atoms with van der Waals surface area (Å²) in [6, 6.07) is 16.1. The molecule has 4 rings (SSSR count). The Labute approximate surface area is 206 Å². The molecule has 35 heavy (non-hydrogen) atoms. The average Bonchev–Trinajstić information content (AvgIpc) is 3.28. The van der Waals surface area contributed by atoms with Gasteiger partial charge in [0.05, 0.1) is 24.8 Å². The number of nitrogens with one attached hydrogen (secondary N) is 1. The number of ether oxygens (including phenoxy) is 1. The Balaban J connectivity index is 1.41. The molecule has 0 aliphatic carbocycles. The molecule has 1 saturated heterocycles.